The van der Waals surface area contributed by atoms with Gasteiger partial charge in [-0.15, -0.1) is 0 Å². The van der Waals surface area contributed by atoms with Crippen molar-refractivity contribution in [3.63, 3.8) is 0 Å². The van der Waals surface area contributed by atoms with Crippen LogP contribution >= 0.6 is 0 Å². The quantitative estimate of drug-likeness (QED) is 0.920. The van der Waals surface area contributed by atoms with E-state index in [4.69, 9.17) is 0 Å². The largest absolute Gasteiger partial charge is 0.389 e. The van der Waals surface area contributed by atoms with Crippen molar-refractivity contribution in [3.05, 3.63) is 71.3 Å². The Hall–Kier alpha value is -2.17. The molecule has 0 saturated carbocycles. The SMILES string of the molecule is CN(Cc1ccccc1)Cc1cccc(C(=O)N2CC(O)C2)c1. The molecule has 2 aromatic carbocycles. The van der Waals surface area contributed by atoms with E-state index in [0.717, 1.165) is 18.7 Å². The summed E-state index contributed by atoms with van der Waals surface area (Å²) in [5, 5.41) is 9.33. The van der Waals surface area contributed by atoms with Crippen LogP contribution in [-0.2, 0) is 13.1 Å². The number of nitrogens with zero attached hydrogens (tertiary/aromatic N) is 2. The van der Waals surface area contributed by atoms with Crippen LogP contribution in [0.1, 0.15) is 21.5 Å². The number of β-amino-alcohol motifs (C(OH)–C–C–N with tert-alkyl or cyclic N) is 1. The van der Waals surface area contributed by atoms with Gasteiger partial charge in [-0.25, -0.2) is 0 Å². The molecule has 0 atom stereocenters. The minimum atomic E-state index is -0.362. The number of carbonyl (C=O) groups is 1. The standard InChI is InChI=1S/C19H22N2O2/c1-20(11-15-6-3-2-4-7-15)12-16-8-5-9-17(10-16)19(23)21-13-18(22)14-21/h2-10,18,22H,11-14H2,1H3. The van der Waals surface area contributed by atoms with E-state index in [9.17, 15) is 9.90 Å². The maximum Gasteiger partial charge on any atom is 0.254 e. The lowest BCUT2D eigenvalue weighted by Crippen LogP contribution is -2.53. The average molecular weight is 310 g/mol. The van der Waals surface area contributed by atoms with Gasteiger partial charge in [0.1, 0.15) is 0 Å². The molecule has 3 rings (SSSR count). The molecule has 1 N–H and O–H groups in total. The molecule has 0 unspecified atom stereocenters. The molecule has 0 aliphatic carbocycles. The highest BCUT2D eigenvalue weighted by Crippen LogP contribution is 2.16. The Morgan fingerprint density at radius 3 is 2.43 bits per heavy atom. The Bertz CT molecular complexity index is 666. The number of hydrogen-bond acceptors (Lipinski definition) is 3. The molecule has 4 heteroatoms. The Morgan fingerprint density at radius 1 is 1.09 bits per heavy atom. The number of likely N-dealkylation sites (tertiary alicyclic amines) is 1. The molecule has 0 spiro atoms. The fraction of sp³-hybridized carbons (Fsp3) is 0.316. The first-order valence-corrected chi connectivity index (χ1v) is 7.90. The molecule has 4 nitrogen and oxygen atoms in total. The van der Waals surface area contributed by atoms with Crippen molar-refractivity contribution in [2.24, 2.45) is 0 Å². The van der Waals surface area contributed by atoms with Gasteiger partial charge in [0, 0.05) is 31.7 Å². The van der Waals surface area contributed by atoms with Gasteiger partial charge in [0.25, 0.3) is 5.91 Å². The summed E-state index contributed by atoms with van der Waals surface area (Å²) in [7, 11) is 2.08. The van der Waals surface area contributed by atoms with Crippen molar-refractivity contribution >= 4 is 5.91 Å². The van der Waals surface area contributed by atoms with E-state index in [1.807, 2.05) is 42.5 Å². The summed E-state index contributed by atoms with van der Waals surface area (Å²) in [5.41, 5.74) is 3.09. The monoisotopic (exact) mass is 310 g/mol. The lowest BCUT2D eigenvalue weighted by atomic mass is 10.1. The van der Waals surface area contributed by atoms with Crippen LogP contribution in [0.5, 0.6) is 0 Å². The number of amides is 1. The lowest BCUT2D eigenvalue weighted by molar-refractivity contribution is 0.00588. The van der Waals surface area contributed by atoms with E-state index < -0.39 is 0 Å². The first-order valence-electron chi connectivity index (χ1n) is 7.90. The number of rotatable bonds is 5. The predicted molar refractivity (Wildman–Crippen MR) is 90.0 cm³/mol. The van der Waals surface area contributed by atoms with Crippen molar-refractivity contribution in [3.8, 4) is 0 Å². The Morgan fingerprint density at radius 2 is 1.74 bits per heavy atom. The number of aliphatic hydroxyl groups excluding tert-OH is 1. The maximum absolute atomic E-state index is 12.3. The van der Waals surface area contributed by atoms with Gasteiger partial charge >= 0.3 is 0 Å². The molecule has 120 valence electrons. The van der Waals surface area contributed by atoms with Crippen LogP contribution in [0.25, 0.3) is 0 Å². The van der Waals surface area contributed by atoms with E-state index in [2.05, 4.69) is 24.1 Å². The summed E-state index contributed by atoms with van der Waals surface area (Å²) in [6.45, 7) is 2.55. The Balaban J connectivity index is 1.62. The minimum Gasteiger partial charge on any atom is -0.389 e. The van der Waals surface area contributed by atoms with Crippen LogP contribution in [0, 0.1) is 0 Å². The summed E-state index contributed by atoms with van der Waals surface area (Å²) < 4.78 is 0. The van der Waals surface area contributed by atoms with Crippen LogP contribution in [-0.4, -0.2) is 47.1 Å². The zero-order chi connectivity index (χ0) is 16.2. The van der Waals surface area contributed by atoms with E-state index in [0.29, 0.717) is 18.7 Å². The van der Waals surface area contributed by atoms with E-state index >= 15 is 0 Å². The molecular weight excluding hydrogens is 288 g/mol. The predicted octanol–water partition coefficient (Wildman–Crippen LogP) is 2.14. The number of carbonyl (C=O) groups excluding carboxylic acids is 1. The molecule has 1 heterocycles. The molecule has 0 bridgehead atoms. The number of hydrogen-bond donors (Lipinski definition) is 1. The third-order valence-corrected chi connectivity index (χ3v) is 4.07. The zero-order valence-corrected chi connectivity index (χ0v) is 13.4. The summed E-state index contributed by atoms with van der Waals surface area (Å²) in [4.78, 5) is 16.2. The van der Waals surface area contributed by atoms with Gasteiger partial charge < -0.3 is 10.0 Å². The van der Waals surface area contributed by atoms with Gasteiger partial charge in [-0.3, -0.25) is 9.69 Å². The van der Waals surface area contributed by atoms with E-state index in [1.54, 1.807) is 4.90 Å². The molecule has 1 aliphatic heterocycles. The fourth-order valence-corrected chi connectivity index (χ4v) is 2.87. The Labute approximate surface area is 137 Å². The zero-order valence-electron chi connectivity index (χ0n) is 13.4. The van der Waals surface area contributed by atoms with Crippen molar-refractivity contribution < 1.29 is 9.90 Å². The second kappa shape index (κ2) is 6.94. The van der Waals surface area contributed by atoms with Gasteiger partial charge in [-0.05, 0) is 30.3 Å². The van der Waals surface area contributed by atoms with Crippen molar-refractivity contribution in [2.75, 3.05) is 20.1 Å². The smallest absolute Gasteiger partial charge is 0.254 e. The number of aliphatic hydroxyl groups is 1. The Kier molecular flexibility index (Phi) is 4.74. The molecule has 1 saturated heterocycles. The van der Waals surface area contributed by atoms with Crippen LogP contribution in [0.4, 0.5) is 0 Å². The topological polar surface area (TPSA) is 43.8 Å². The minimum absolute atomic E-state index is 0.00265. The highest BCUT2D eigenvalue weighted by Gasteiger charge is 2.29. The van der Waals surface area contributed by atoms with Crippen molar-refractivity contribution in [1.82, 2.24) is 9.80 Å². The second-order valence-electron chi connectivity index (χ2n) is 6.22. The van der Waals surface area contributed by atoms with Crippen LogP contribution in [0.15, 0.2) is 54.6 Å². The van der Waals surface area contributed by atoms with Gasteiger partial charge in [0.2, 0.25) is 0 Å². The van der Waals surface area contributed by atoms with Gasteiger partial charge in [0.05, 0.1) is 6.10 Å². The molecule has 1 fully saturated rings. The highest BCUT2D eigenvalue weighted by molar-refractivity contribution is 5.95. The van der Waals surface area contributed by atoms with Gasteiger partial charge in [-0.1, -0.05) is 42.5 Å². The van der Waals surface area contributed by atoms with Gasteiger partial charge in [-0.2, -0.15) is 0 Å². The molecule has 0 radical (unpaired) electrons. The highest BCUT2D eigenvalue weighted by atomic mass is 16.3. The van der Waals surface area contributed by atoms with Crippen LogP contribution in [0.2, 0.25) is 0 Å². The summed E-state index contributed by atoms with van der Waals surface area (Å²) >= 11 is 0. The van der Waals surface area contributed by atoms with Crippen LogP contribution in [0.3, 0.4) is 0 Å². The summed E-state index contributed by atoms with van der Waals surface area (Å²) in [5.74, 6) is 0.00265. The third-order valence-electron chi connectivity index (χ3n) is 4.07. The first-order chi connectivity index (χ1) is 11.1. The second-order valence-corrected chi connectivity index (χ2v) is 6.22. The first kappa shape index (κ1) is 15.7. The van der Waals surface area contributed by atoms with Crippen molar-refractivity contribution in [1.29, 1.82) is 0 Å². The van der Waals surface area contributed by atoms with E-state index in [1.165, 1.54) is 5.56 Å². The molecule has 1 aliphatic rings. The molecule has 0 aromatic heterocycles. The van der Waals surface area contributed by atoms with Crippen LogP contribution < -0.4 is 0 Å². The average Bonchev–Trinajstić information content (AvgIpc) is 2.52. The number of benzene rings is 2. The lowest BCUT2D eigenvalue weighted by Gasteiger charge is -2.36. The summed E-state index contributed by atoms with van der Waals surface area (Å²) in [6.07, 6.45) is -0.362. The van der Waals surface area contributed by atoms with Gasteiger partial charge in [0.15, 0.2) is 0 Å². The molecule has 2 aromatic rings. The van der Waals surface area contributed by atoms with Crippen molar-refractivity contribution in [2.45, 2.75) is 19.2 Å². The van der Waals surface area contributed by atoms with E-state index in [-0.39, 0.29) is 12.0 Å². The normalized spacial score (nSPS) is 14.8. The third kappa shape index (κ3) is 3.97. The fourth-order valence-electron chi connectivity index (χ4n) is 2.87. The molecular formula is C19H22N2O2. The maximum atomic E-state index is 12.3. The summed E-state index contributed by atoms with van der Waals surface area (Å²) in [6, 6.07) is 18.1. The molecule has 23 heavy (non-hydrogen) atoms. The molecule has 1 amide bonds.